The molecule has 0 aliphatic carbocycles. The summed E-state index contributed by atoms with van der Waals surface area (Å²) in [5.74, 6) is 0. The summed E-state index contributed by atoms with van der Waals surface area (Å²) in [5.41, 5.74) is -1.80. The monoisotopic (exact) mass is 291 g/mol. The maximum absolute atomic E-state index is 12.5. The normalized spacial score (nSPS) is 10.2. The van der Waals surface area contributed by atoms with E-state index in [1.807, 2.05) is 0 Å². The zero-order valence-electron chi connectivity index (χ0n) is 7.65. The molecule has 1 aromatic heterocycles. The van der Waals surface area contributed by atoms with E-state index in [0.29, 0.717) is 0 Å². The van der Waals surface area contributed by atoms with Crippen LogP contribution in [0.15, 0.2) is 10.7 Å². The van der Waals surface area contributed by atoms with Gasteiger partial charge in [-0.1, -0.05) is 0 Å². The Labute approximate surface area is 97.0 Å². The number of aromatic nitrogens is 1. The van der Waals surface area contributed by atoms with E-state index in [0.717, 1.165) is 0 Å². The summed E-state index contributed by atoms with van der Waals surface area (Å²) in [4.78, 5) is 13.0. The molecule has 0 fully saturated rings. The molecule has 0 radical (unpaired) electrons. The van der Waals surface area contributed by atoms with Crippen LogP contribution in [0.1, 0.15) is 17.7 Å². The highest BCUT2D eigenvalue weighted by atomic mass is 79.9. The molecule has 0 amide bonds. The molecule has 0 bridgehead atoms. The van der Waals surface area contributed by atoms with E-state index in [2.05, 4.69) is 20.9 Å². The summed E-state index contributed by atoms with van der Waals surface area (Å²) in [6, 6.07) is 2.86. The summed E-state index contributed by atoms with van der Waals surface area (Å²) < 4.78 is 25.1. The third-order valence-electron chi connectivity index (χ3n) is 1.73. The molecule has 0 aliphatic rings. The summed E-state index contributed by atoms with van der Waals surface area (Å²) in [5, 5.41) is 19.1. The van der Waals surface area contributed by atoms with E-state index in [1.54, 1.807) is 6.07 Å². The minimum Gasteiger partial charge on any atom is -0.258 e. The Hall–Kier alpha value is -1.62. The van der Waals surface area contributed by atoms with Crippen molar-refractivity contribution in [1.82, 2.24) is 4.98 Å². The number of hydrogen-bond acceptors (Lipinski definition) is 4. The van der Waals surface area contributed by atoms with Gasteiger partial charge in [0, 0.05) is 5.56 Å². The zero-order chi connectivity index (χ0) is 12.3. The van der Waals surface area contributed by atoms with Crippen molar-refractivity contribution in [3.8, 4) is 6.07 Å². The average molecular weight is 292 g/mol. The molecule has 1 aromatic rings. The molecule has 8 heteroatoms. The van der Waals surface area contributed by atoms with Gasteiger partial charge in [0.1, 0.15) is 4.60 Å². The fourth-order valence-corrected chi connectivity index (χ4v) is 1.63. The van der Waals surface area contributed by atoms with Crippen LogP contribution in [0.5, 0.6) is 0 Å². The Balaban J connectivity index is 3.48. The van der Waals surface area contributed by atoms with Crippen LogP contribution < -0.4 is 0 Å². The van der Waals surface area contributed by atoms with Crippen LogP contribution in [-0.4, -0.2) is 9.91 Å². The smallest absolute Gasteiger partial charge is 0.258 e. The topological polar surface area (TPSA) is 79.8 Å². The van der Waals surface area contributed by atoms with Gasteiger partial charge >= 0.3 is 5.69 Å². The molecule has 0 aromatic carbocycles. The van der Waals surface area contributed by atoms with Crippen LogP contribution >= 0.6 is 15.9 Å². The van der Waals surface area contributed by atoms with E-state index >= 15 is 0 Å². The third-order valence-corrected chi connectivity index (χ3v) is 2.13. The van der Waals surface area contributed by atoms with Gasteiger partial charge in [0.05, 0.1) is 17.4 Å². The molecule has 84 valence electrons. The highest BCUT2D eigenvalue weighted by molar-refractivity contribution is 9.10. The highest BCUT2D eigenvalue weighted by Crippen LogP contribution is 2.32. The molecule has 0 spiro atoms. The van der Waals surface area contributed by atoms with Gasteiger partial charge in [-0.05, 0) is 22.0 Å². The van der Waals surface area contributed by atoms with E-state index in [1.165, 1.54) is 6.07 Å². The Morgan fingerprint density at radius 3 is 2.75 bits per heavy atom. The molecule has 0 aliphatic heterocycles. The number of nitriles is 1. The lowest BCUT2D eigenvalue weighted by Gasteiger charge is -2.05. The number of halogens is 3. The molecular formula is C8H4BrF2N3O2. The van der Waals surface area contributed by atoms with E-state index in [-0.39, 0.29) is 16.6 Å². The molecule has 0 N–H and O–H groups in total. The van der Waals surface area contributed by atoms with Crippen molar-refractivity contribution in [1.29, 1.82) is 5.26 Å². The fraction of sp³-hybridized carbons (Fsp3) is 0.250. The number of hydrogen-bond donors (Lipinski definition) is 0. The summed E-state index contributed by atoms with van der Waals surface area (Å²) in [6.07, 6.45) is -3.38. The van der Waals surface area contributed by atoms with Gasteiger partial charge in [-0.15, -0.1) is 0 Å². The quantitative estimate of drug-likeness (QED) is 0.487. The molecule has 1 heterocycles. The number of rotatable bonds is 3. The molecule has 0 unspecified atom stereocenters. The number of nitrogens with zero attached hydrogens (tertiary/aromatic N) is 3. The Kier molecular flexibility index (Phi) is 3.84. The van der Waals surface area contributed by atoms with Gasteiger partial charge in [-0.25, -0.2) is 13.8 Å². The first-order valence-corrected chi connectivity index (χ1v) is 4.75. The van der Waals surface area contributed by atoms with Crippen LogP contribution in [0.3, 0.4) is 0 Å². The van der Waals surface area contributed by atoms with E-state index in [9.17, 15) is 18.9 Å². The van der Waals surface area contributed by atoms with Crippen molar-refractivity contribution < 1.29 is 13.7 Å². The van der Waals surface area contributed by atoms with Crippen molar-refractivity contribution in [3.05, 3.63) is 32.0 Å². The van der Waals surface area contributed by atoms with Crippen molar-refractivity contribution in [2.45, 2.75) is 12.8 Å². The first-order chi connectivity index (χ1) is 7.47. The Morgan fingerprint density at radius 2 is 2.31 bits per heavy atom. The highest BCUT2D eigenvalue weighted by Gasteiger charge is 2.28. The third kappa shape index (κ3) is 2.49. The van der Waals surface area contributed by atoms with Crippen LogP contribution in [0, 0.1) is 21.4 Å². The zero-order valence-corrected chi connectivity index (χ0v) is 9.24. The average Bonchev–Trinajstić information content (AvgIpc) is 2.16. The Bertz CT molecular complexity index is 473. The molecule has 0 saturated heterocycles. The van der Waals surface area contributed by atoms with E-state index in [4.69, 9.17) is 5.26 Å². The first kappa shape index (κ1) is 12.4. The molecule has 5 nitrogen and oxygen atoms in total. The second-order valence-corrected chi connectivity index (χ2v) is 3.54. The summed E-state index contributed by atoms with van der Waals surface area (Å²) >= 11 is 2.86. The lowest BCUT2D eigenvalue weighted by Crippen LogP contribution is -2.04. The van der Waals surface area contributed by atoms with Crippen LogP contribution in [0.2, 0.25) is 0 Å². The van der Waals surface area contributed by atoms with Crippen molar-refractivity contribution in [2.75, 3.05) is 0 Å². The fourth-order valence-electron chi connectivity index (χ4n) is 1.16. The number of alkyl halides is 2. The minimum atomic E-state index is -3.06. The van der Waals surface area contributed by atoms with Crippen LogP contribution in [0.4, 0.5) is 14.5 Å². The van der Waals surface area contributed by atoms with Crippen molar-refractivity contribution in [2.24, 2.45) is 0 Å². The largest absolute Gasteiger partial charge is 0.300 e. The van der Waals surface area contributed by atoms with Crippen LogP contribution in [-0.2, 0) is 6.42 Å². The van der Waals surface area contributed by atoms with Gasteiger partial charge in [-0.3, -0.25) is 10.1 Å². The van der Waals surface area contributed by atoms with Crippen LogP contribution in [0.25, 0.3) is 0 Å². The Morgan fingerprint density at radius 1 is 1.69 bits per heavy atom. The lowest BCUT2D eigenvalue weighted by molar-refractivity contribution is -0.387. The first-order valence-electron chi connectivity index (χ1n) is 3.96. The van der Waals surface area contributed by atoms with E-state index < -0.39 is 22.7 Å². The summed E-state index contributed by atoms with van der Waals surface area (Å²) in [7, 11) is 0. The lowest BCUT2D eigenvalue weighted by atomic mass is 10.1. The van der Waals surface area contributed by atoms with Crippen molar-refractivity contribution in [3.63, 3.8) is 0 Å². The van der Waals surface area contributed by atoms with Gasteiger partial charge in [-0.2, -0.15) is 5.26 Å². The second kappa shape index (κ2) is 4.94. The van der Waals surface area contributed by atoms with Gasteiger partial charge < -0.3 is 0 Å². The molecule has 1 rings (SSSR count). The van der Waals surface area contributed by atoms with Gasteiger partial charge in [0.15, 0.2) is 5.69 Å². The molecule has 16 heavy (non-hydrogen) atoms. The molecule has 0 saturated carbocycles. The predicted molar refractivity (Wildman–Crippen MR) is 52.9 cm³/mol. The predicted octanol–water partition coefficient (Wildman–Crippen LogP) is 2.76. The number of pyridine rings is 1. The maximum Gasteiger partial charge on any atom is 0.300 e. The SMILES string of the molecule is N#CCc1cc(Br)nc(C(F)F)c1[N+](=O)[O-]. The molecule has 0 atom stereocenters. The second-order valence-electron chi connectivity index (χ2n) is 2.73. The maximum atomic E-state index is 12.5. The standard InChI is InChI=1S/C8H4BrF2N3O2/c9-5-3-4(1-2-12)7(14(15)16)6(13-5)8(10)11/h3,8H,1H2. The van der Waals surface area contributed by atoms with Crippen molar-refractivity contribution >= 4 is 21.6 Å². The minimum absolute atomic E-state index is 0.0404. The molecular weight excluding hydrogens is 288 g/mol. The van der Waals surface area contributed by atoms with Gasteiger partial charge in [0.2, 0.25) is 0 Å². The number of nitro groups is 1. The van der Waals surface area contributed by atoms with Gasteiger partial charge in [0.25, 0.3) is 6.43 Å². The summed E-state index contributed by atoms with van der Waals surface area (Å²) in [6.45, 7) is 0.